The van der Waals surface area contributed by atoms with Crippen LogP contribution in [0.4, 0.5) is 4.39 Å². The first-order chi connectivity index (χ1) is 9.01. The molecule has 0 amide bonds. The van der Waals surface area contributed by atoms with Crippen LogP contribution in [0.15, 0.2) is 28.9 Å². The first-order valence-corrected chi connectivity index (χ1v) is 6.73. The Morgan fingerprint density at radius 3 is 2.63 bits per heavy atom. The summed E-state index contributed by atoms with van der Waals surface area (Å²) in [4.78, 5) is 4.03. The fourth-order valence-electron chi connectivity index (χ4n) is 1.34. The third-order valence-electron chi connectivity index (χ3n) is 2.28. The van der Waals surface area contributed by atoms with Crippen molar-refractivity contribution in [2.45, 2.75) is 6.54 Å². The zero-order chi connectivity index (χ0) is 14.0. The van der Waals surface area contributed by atoms with Crippen molar-refractivity contribution in [3.8, 4) is 11.6 Å². The first kappa shape index (κ1) is 14.5. The lowest BCUT2D eigenvalue weighted by Gasteiger charge is -2.09. The maximum Gasteiger partial charge on any atom is 0.238 e. The molecular weight excluding hydrogens is 358 g/mol. The van der Waals surface area contributed by atoms with Gasteiger partial charge in [0.1, 0.15) is 16.6 Å². The second kappa shape index (κ2) is 6.05. The van der Waals surface area contributed by atoms with Gasteiger partial charge < -0.3 is 10.5 Å². The highest BCUT2D eigenvalue weighted by molar-refractivity contribution is 9.10. The highest BCUT2D eigenvalue weighted by Gasteiger charge is 2.12. The molecule has 0 atom stereocenters. The Bertz CT molecular complexity index is 625. The van der Waals surface area contributed by atoms with Gasteiger partial charge in [-0.25, -0.2) is 9.37 Å². The summed E-state index contributed by atoms with van der Waals surface area (Å²) in [5, 5.41) is 0.293. The van der Waals surface area contributed by atoms with Gasteiger partial charge in [-0.3, -0.25) is 0 Å². The Kier molecular flexibility index (Phi) is 4.62. The quantitative estimate of drug-likeness (QED) is 0.812. The zero-order valence-electron chi connectivity index (χ0n) is 9.46. The van der Waals surface area contributed by atoms with Gasteiger partial charge in [0.15, 0.2) is 0 Å². The van der Waals surface area contributed by atoms with Crippen molar-refractivity contribution in [2.75, 3.05) is 0 Å². The Hall–Kier alpha value is -0.880. The SMILES string of the molecule is NCc1cnc(Oc2cc(F)c(Cl)cc2Br)c(Cl)c1. The van der Waals surface area contributed by atoms with Crippen LogP contribution in [0.25, 0.3) is 0 Å². The molecule has 2 rings (SSSR count). The minimum absolute atomic E-state index is 0.00300. The Balaban J connectivity index is 2.33. The molecule has 0 aliphatic carbocycles. The van der Waals surface area contributed by atoms with Crippen molar-refractivity contribution in [3.63, 3.8) is 0 Å². The zero-order valence-corrected chi connectivity index (χ0v) is 12.6. The average molecular weight is 366 g/mol. The monoisotopic (exact) mass is 364 g/mol. The van der Waals surface area contributed by atoms with E-state index in [0.29, 0.717) is 16.0 Å². The minimum Gasteiger partial charge on any atom is -0.436 e. The number of nitrogens with zero attached hydrogens (tertiary/aromatic N) is 1. The summed E-state index contributed by atoms with van der Waals surface area (Å²) < 4.78 is 19.3. The molecule has 1 aromatic carbocycles. The van der Waals surface area contributed by atoms with Crippen LogP contribution in [0.2, 0.25) is 10.0 Å². The van der Waals surface area contributed by atoms with E-state index in [1.807, 2.05) is 0 Å². The highest BCUT2D eigenvalue weighted by Crippen LogP contribution is 2.35. The third-order valence-corrected chi connectivity index (χ3v) is 3.46. The number of hydrogen-bond acceptors (Lipinski definition) is 3. The van der Waals surface area contributed by atoms with Crippen LogP contribution in [0.5, 0.6) is 11.6 Å². The molecule has 100 valence electrons. The Morgan fingerprint density at radius 1 is 1.26 bits per heavy atom. The van der Waals surface area contributed by atoms with E-state index in [4.69, 9.17) is 33.7 Å². The molecule has 1 heterocycles. The number of hydrogen-bond donors (Lipinski definition) is 1. The van der Waals surface area contributed by atoms with Crippen molar-refractivity contribution in [1.29, 1.82) is 0 Å². The second-order valence-corrected chi connectivity index (χ2v) is 5.30. The lowest BCUT2D eigenvalue weighted by Crippen LogP contribution is -1.98. The molecule has 19 heavy (non-hydrogen) atoms. The molecule has 0 saturated carbocycles. The molecule has 2 N–H and O–H groups in total. The summed E-state index contributed by atoms with van der Waals surface area (Å²) in [6, 6.07) is 4.19. The van der Waals surface area contributed by atoms with E-state index in [2.05, 4.69) is 20.9 Å². The van der Waals surface area contributed by atoms with Gasteiger partial charge >= 0.3 is 0 Å². The molecule has 0 aliphatic rings. The summed E-state index contributed by atoms with van der Waals surface area (Å²) in [6.45, 7) is 0.326. The number of ether oxygens (including phenoxy) is 1. The smallest absolute Gasteiger partial charge is 0.238 e. The van der Waals surface area contributed by atoms with Gasteiger partial charge in [-0.05, 0) is 33.6 Å². The Morgan fingerprint density at radius 2 is 2.00 bits per heavy atom. The fraction of sp³-hybridized carbons (Fsp3) is 0.0833. The summed E-state index contributed by atoms with van der Waals surface area (Å²) in [5.74, 6) is -0.187. The molecule has 2 aromatic rings. The molecule has 0 bridgehead atoms. The predicted octanol–water partition coefficient (Wildman–Crippen LogP) is 4.54. The summed E-state index contributed by atoms with van der Waals surface area (Å²) in [5.41, 5.74) is 6.25. The summed E-state index contributed by atoms with van der Waals surface area (Å²) in [7, 11) is 0. The molecule has 3 nitrogen and oxygen atoms in total. The maximum absolute atomic E-state index is 13.4. The van der Waals surface area contributed by atoms with Crippen molar-refractivity contribution >= 4 is 39.1 Å². The number of halogens is 4. The van der Waals surface area contributed by atoms with Crippen molar-refractivity contribution in [3.05, 3.63) is 50.3 Å². The molecule has 0 saturated heterocycles. The fourth-order valence-corrected chi connectivity index (χ4v) is 2.29. The van der Waals surface area contributed by atoms with Gasteiger partial charge in [0.2, 0.25) is 5.88 Å². The van der Waals surface area contributed by atoms with Crippen LogP contribution in [0, 0.1) is 5.82 Å². The largest absolute Gasteiger partial charge is 0.436 e. The van der Waals surface area contributed by atoms with E-state index >= 15 is 0 Å². The average Bonchev–Trinajstić information content (AvgIpc) is 2.38. The van der Waals surface area contributed by atoms with Gasteiger partial charge in [0.25, 0.3) is 0 Å². The van der Waals surface area contributed by atoms with Gasteiger partial charge in [-0.1, -0.05) is 23.2 Å². The topological polar surface area (TPSA) is 48.1 Å². The molecular formula is C12H8BrCl2FN2O. The van der Waals surface area contributed by atoms with Gasteiger partial charge in [0.05, 0.1) is 9.50 Å². The Labute approximate surface area is 127 Å². The van der Waals surface area contributed by atoms with Crippen molar-refractivity contribution in [2.24, 2.45) is 5.73 Å². The van der Waals surface area contributed by atoms with E-state index in [0.717, 1.165) is 11.6 Å². The molecule has 0 aliphatic heterocycles. The lowest BCUT2D eigenvalue weighted by atomic mass is 10.3. The summed E-state index contributed by atoms with van der Waals surface area (Å²) >= 11 is 14.9. The van der Waals surface area contributed by atoms with E-state index in [1.165, 1.54) is 6.07 Å². The molecule has 7 heteroatoms. The lowest BCUT2D eigenvalue weighted by molar-refractivity contribution is 0.455. The van der Waals surface area contributed by atoms with E-state index in [-0.39, 0.29) is 16.7 Å². The van der Waals surface area contributed by atoms with Crippen LogP contribution in [-0.2, 0) is 6.54 Å². The molecule has 0 unspecified atom stereocenters. The van der Waals surface area contributed by atoms with Crippen LogP contribution in [0.1, 0.15) is 5.56 Å². The molecule has 1 aromatic heterocycles. The minimum atomic E-state index is -0.588. The van der Waals surface area contributed by atoms with Crippen molar-refractivity contribution in [1.82, 2.24) is 4.98 Å². The number of benzene rings is 1. The van der Waals surface area contributed by atoms with Crippen LogP contribution in [-0.4, -0.2) is 4.98 Å². The molecule has 0 radical (unpaired) electrons. The normalized spacial score (nSPS) is 10.6. The number of aromatic nitrogens is 1. The standard InChI is InChI=1S/C12H8BrCl2FN2O/c13-7-2-8(14)10(16)3-11(7)19-12-9(15)1-6(4-17)5-18-12/h1-3,5H,4,17H2. The van der Waals surface area contributed by atoms with Gasteiger partial charge in [0, 0.05) is 18.8 Å². The third kappa shape index (κ3) is 3.36. The van der Waals surface area contributed by atoms with Gasteiger partial charge in [-0.15, -0.1) is 0 Å². The van der Waals surface area contributed by atoms with E-state index in [1.54, 1.807) is 12.3 Å². The van der Waals surface area contributed by atoms with E-state index in [9.17, 15) is 4.39 Å². The molecule has 0 fully saturated rings. The van der Waals surface area contributed by atoms with Crippen LogP contribution in [0.3, 0.4) is 0 Å². The summed E-state index contributed by atoms with van der Waals surface area (Å²) in [6.07, 6.45) is 1.54. The first-order valence-electron chi connectivity index (χ1n) is 5.18. The molecule has 0 spiro atoms. The number of rotatable bonds is 3. The van der Waals surface area contributed by atoms with E-state index < -0.39 is 5.82 Å². The predicted molar refractivity (Wildman–Crippen MR) is 76.3 cm³/mol. The van der Waals surface area contributed by atoms with Crippen molar-refractivity contribution < 1.29 is 9.13 Å². The number of nitrogens with two attached hydrogens (primary N) is 1. The maximum atomic E-state index is 13.4. The second-order valence-electron chi connectivity index (χ2n) is 3.63. The van der Waals surface area contributed by atoms with Crippen LogP contribution < -0.4 is 10.5 Å². The number of pyridine rings is 1. The van der Waals surface area contributed by atoms with Gasteiger partial charge in [-0.2, -0.15) is 0 Å². The van der Waals surface area contributed by atoms with Crippen LogP contribution >= 0.6 is 39.1 Å². The highest BCUT2D eigenvalue weighted by atomic mass is 79.9.